The van der Waals surface area contributed by atoms with Gasteiger partial charge in [0.25, 0.3) is 0 Å². The number of hydrogen-bond donors (Lipinski definition) is 1. The van der Waals surface area contributed by atoms with E-state index in [-0.39, 0.29) is 18.2 Å². The molecule has 2 amide bonds. The summed E-state index contributed by atoms with van der Waals surface area (Å²) in [6, 6.07) is 0. The second-order valence-corrected chi connectivity index (χ2v) is 3.52. The zero-order valence-corrected chi connectivity index (χ0v) is 9.12. The Balaban J connectivity index is 2.24. The van der Waals surface area contributed by atoms with Crippen LogP contribution in [0.3, 0.4) is 0 Å². The van der Waals surface area contributed by atoms with E-state index < -0.39 is 0 Å². The number of amides is 2. The van der Waals surface area contributed by atoms with Crippen molar-refractivity contribution in [2.75, 3.05) is 32.8 Å². The zero-order chi connectivity index (χ0) is 11.1. The molecule has 0 saturated carbocycles. The molecule has 5 nitrogen and oxygen atoms in total. The summed E-state index contributed by atoms with van der Waals surface area (Å²) < 4.78 is 5.13. The number of hydrogen-bond acceptors (Lipinski definition) is 3. The minimum atomic E-state index is -0.187. The highest BCUT2D eigenvalue weighted by Gasteiger charge is 2.18. The zero-order valence-electron chi connectivity index (χ0n) is 9.12. The molecular weight excluding hydrogens is 196 g/mol. The number of ether oxygens (including phenoxy) is 1. The minimum Gasteiger partial charge on any atom is -0.378 e. The van der Waals surface area contributed by atoms with Gasteiger partial charge in [-0.3, -0.25) is 9.59 Å². The van der Waals surface area contributed by atoms with Crippen molar-refractivity contribution < 1.29 is 14.3 Å². The number of nitrogens with zero attached hydrogens (tertiary/aromatic N) is 1. The second-order valence-electron chi connectivity index (χ2n) is 3.52. The van der Waals surface area contributed by atoms with E-state index in [0.717, 1.165) is 6.42 Å². The molecule has 0 unspecified atom stereocenters. The molecule has 0 atom stereocenters. The molecule has 1 N–H and O–H groups in total. The fraction of sp³-hybridized carbons (Fsp3) is 0.800. The van der Waals surface area contributed by atoms with Gasteiger partial charge in [-0.15, -0.1) is 0 Å². The smallest absolute Gasteiger partial charge is 0.232 e. The van der Waals surface area contributed by atoms with E-state index in [9.17, 15) is 9.59 Å². The molecule has 0 aliphatic carbocycles. The average molecular weight is 214 g/mol. The van der Waals surface area contributed by atoms with Gasteiger partial charge in [0, 0.05) is 19.6 Å². The third-order valence-electron chi connectivity index (χ3n) is 2.25. The molecular formula is C10H18N2O3. The van der Waals surface area contributed by atoms with Gasteiger partial charge in [-0.1, -0.05) is 6.92 Å². The largest absolute Gasteiger partial charge is 0.378 e. The molecule has 0 spiro atoms. The van der Waals surface area contributed by atoms with Gasteiger partial charge in [0.1, 0.15) is 6.42 Å². The van der Waals surface area contributed by atoms with Crippen LogP contribution in [0.2, 0.25) is 0 Å². The van der Waals surface area contributed by atoms with Gasteiger partial charge in [0.05, 0.1) is 13.2 Å². The maximum atomic E-state index is 11.6. The molecule has 1 fully saturated rings. The van der Waals surface area contributed by atoms with Gasteiger partial charge < -0.3 is 15.0 Å². The lowest BCUT2D eigenvalue weighted by Crippen LogP contribution is -2.42. The molecule has 86 valence electrons. The summed E-state index contributed by atoms with van der Waals surface area (Å²) >= 11 is 0. The summed E-state index contributed by atoms with van der Waals surface area (Å²) in [7, 11) is 0. The standard InChI is InChI=1S/C10H18N2O3/c1-2-3-11-9(13)8-10(14)12-4-6-15-7-5-12/h2-8H2,1H3,(H,11,13). The first-order valence-corrected chi connectivity index (χ1v) is 5.36. The van der Waals surface area contributed by atoms with Crippen molar-refractivity contribution in [1.29, 1.82) is 0 Å². The second kappa shape index (κ2) is 6.40. The number of carbonyl (C=O) groups excluding carboxylic acids is 2. The quantitative estimate of drug-likeness (QED) is 0.657. The Bertz CT molecular complexity index is 225. The normalized spacial score (nSPS) is 16.2. The molecule has 0 aromatic heterocycles. The van der Waals surface area contributed by atoms with Crippen molar-refractivity contribution in [3.8, 4) is 0 Å². The van der Waals surface area contributed by atoms with Crippen LogP contribution in [0.15, 0.2) is 0 Å². The molecule has 1 aliphatic rings. The van der Waals surface area contributed by atoms with Gasteiger partial charge >= 0.3 is 0 Å². The van der Waals surface area contributed by atoms with Crippen LogP contribution in [-0.2, 0) is 14.3 Å². The van der Waals surface area contributed by atoms with E-state index in [4.69, 9.17) is 4.74 Å². The number of carbonyl (C=O) groups is 2. The molecule has 0 radical (unpaired) electrons. The van der Waals surface area contributed by atoms with Gasteiger partial charge in [-0.2, -0.15) is 0 Å². The van der Waals surface area contributed by atoms with Gasteiger partial charge in [-0.25, -0.2) is 0 Å². The van der Waals surface area contributed by atoms with Crippen LogP contribution in [0.1, 0.15) is 19.8 Å². The predicted octanol–water partition coefficient (Wildman–Crippen LogP) is -0.238. The lowest BCUT2D eigenvalue weighted by molar-refractivity contribution is -0.139. The van der Waals surface area contributed by atoms with Crippen LogP contribution in [-0.4, -0.2) is 49.6 Å². The SMILES string of the molecule is CCCNC(=O)CC(=O)N1CCOCC1. The highest BCUT2D eigenvalue weighted by Crippen LogP contribution is 1.99. The van der Waals surface area contributed by atoms with Gasteiger partial charge in [0.2, 0.25) is 11.8 Å². The topological polar surface area (TPSA) is 58.6 Å². The lowest BCUT2D eigenvalue weighted by atomic mass is 10.3. The Kier molecular flexibility index (Phi) is 5.10. The first-order valence-electron chi connectivity index (χ1n) is 5.36. The summed E-state index contributed by atoms with van der Waals surface area (Å²) in [6.07, 6.45) is 0.845. The Hall–Kier alpha value is -1.10. The molecule has 1 rings (SSSR count). The van der Waals surface area contributed by atoms with E-state index in [1.54, 1.807) is 4.90 Å². The molecule has 0 aromatic rings. The Morgan fingerprint density at radius 2 is 2.00 bits per heavy atom. The molecule has 0 bridgehead atoms. The monoisotopic (exact) mass is 214 g/mol. The van der Waals surface area contributed by atoms with Crippen molar-refractivity contribution in [2.45, 2.75) is 19.8 Å². The van der Waals surface area contributed by atoms with E-state index in [1.165, 1.54) is 0 Å². The number of morpholine rings is 1. The van der Waals surface area contributed by atoms with Crippen molar-refractivity contribution in [1.82, 2.24) is 10.2 Å². The predicted molar refractivity (Wildman–Crippen MR) is 55.3 cm³/mol. The third kappa shape index (κ3) is 4.29. The Labute approximate surface area is 89.8 Å². The van der Waals surface area contributed by atoms with Crippen LogP contribution in [0.5, 0.6) is 0 Å². The highest BCUT2D eigenvalue weighted by atomic mass is 16.5. The first kappa shape index (κ1) is 12.0. The molecule has 1 heterocycles. The maximum absolute atomic E-state index is 11.6. The first-order chi connectivity index (χ1) is 7.24. The fourth-order valence-corrected chi connectivity index (χ4v) is 1.39. The van der Waals surface area contributed by atoms with Crippen LogP contribution in [0.4, 0.5) is 0 Å². The summed E-state index contributed by atoms with van der Waals surface area (Å²) in [5.74, 6) is -0.291. The van der Waals surface area contributed by atoms with E-state index in [2.05, 4.69) is 5.32 Å². The fourth-order valence-electron chi connectivity index (χ4n) is 1.39. The Morgan fingerprint density at radius 3 is 2.60 bits per heavy atom. The third-order valence-corrected chi connectivity index (χ3v) is 2.25. The molecule has 1 saturated heterocycles. The Morgan fingerprint density at radius 1 is 1.33 bits per heavy atom. The van der Waals surface area contributed by atoms with Crippen LogP contribution >= 0.6 is 0 Å². The van der Waals surface area contributed by atoms with Gasteiger partial charge in [-0.05, 0) is 6.42 Å². The van der Waals surface area contributed by atoms with Gasteiger partial charge in [0.15, 0.2) is 0 Å². The van der Waals surface area contributed by atoms with Crippen molar-refractivity contribution in [3.05, 3.63) is 0 Å². The number of nitrogens with one attached hydrogen (secondary N) is 1. The molecule has 5 heteroatoms. The van der Waals surface area contributed by atoms with Crippen LogP contribution in [0.25, 0.3) is 0 Å². The minimum absolute atomic E-state index is 0.0417. The van der Waals surface area contributed by atoms with E-state index in [1.807, 2.05) is 6.92 Å². The lowest BCUT2D eigenvalue weighted by Gasteiger charge is -2.26. The van der Waals surface area contributed by atoms with Crippen LogP contribution < -0.4 is 5.32 Å². The summed E-state index contributed by atoms with van der Waals surface area (Å²) in [6.45, 7) is 4.95. The molecule has 15 heavy (non-hydrogen) atoms. The molecule has 0 aromatic carbocycles. The van der Waals surface area contributed by atoms with Crippen molar-refractivity contribution in [2.24, 2.45) is 0 Å². The highest BCUT2D eigenvalue weighted by molar-refractivity contribution is 5.96. The average Bonchev–Trinajstić information content (AvgIpc) is 2.27. The summed E-state index contributed by atoms with van der Waals surface area (Å²) in [5.41, 5.74) is 0. The van der Waals surface area contributed by atoms with E-state index >= 15 is 0 Å². The van der Waals surface area contributed by atoms with E-state index in [0.29, 0.717) is 32.8 Å². The van der Waals surface area contributed by atoms with Crippen molar-refractivity contribution in [3.63, 3.8) is 0 Å². The summed E-state index contributed by atoms with van der Waals surface area (Å²) in [5, 5.41) is 2.68. The van der Waals surface area contributed by atoms with Crippen molar-refractivity contribution >= 4 is 11.8 Å². The number of rotatable bonds is 4. The molecule has 1 aliphatic heterocycles. The maximum Gasteiger partial charge on any atom is 0.232 e. The summed E-state index contributed by atoms with van der Waals surface area (Å²) in [4.78, 5) is 24.5. The van der Waals surface area contributed by atoms with Crippen LogP contribution in [0, 0.1) is 0 Å².